The minimum atomic E-state index is -0.538. The number of fused-ring (bicyclic) bond motifs is 1. The van der Waals surface area contributed by atoms with Crippen LogP contribution in [0, 0.1) is 5.41 Å². The van der Waals surface area contributed by atoms with Crippen LogP contribution in [0.4, 0.5) is 9.59 Å². The normalized spacial score (nSPS) is 18.7. The van der Waals surface area contributed by atoms with Crippen molar-refractivity contribution in [3.8, 4) is 5.75 Å². The molecule has 3 aliphatic rings. The maximum atomic E-state index is 12.5. The summed E-state index contributed by atoms with van der Waals surface area (Å²) in [6, 6.07) is 11.6. The summed E-state index contributed by atoms with van der Waals surface area (Å²) in [7, 11) is 0. The topological polar surface area (TPSA) is 81.2 Å². The third-order valence-corrected chi connectivity index (χ3v) is 6.57. The molecule has 5 rings (SSSR count). The largest absolute Gasteiger partial charge is 0.490 e. The van der Waals surface area contributed by atoms with E-state index in [0.29, 0.717) is 32.8 Å². The van der Waals surface area contributed by atoms with Crippen molar-refractivity contribution in [2.75, 3.05) is 13.1 Å². The zero-order valence-corrected chi connectivity index (χ0v) is 20.0. The highest BCUT2D eigenvalue weighted by Gasteiger charge is 2.55. The Morgan fingerprint density at radius 2 is 1.76 bits per heavy atom. The number of hydrogen-bond acceptors (Lipinski definition) is 6. The SMILES string of the molecule is CC(C)(C)OC(=O)N1Cc2nccc(OC3CC4(C3)CN(C(=O)OCc3ccccc3)C4)c2C1. The van der Waals surface area contributed by atoms with E-state index in [0.717, 1.165) is 35.4 Å². The molecule has 2 amide bonds. The van der Waals surface area contributed by atoms with Crippen molar-refractivity contribution in [3.05, 3.63) is 59.4 Å². The van der Waals surface area contributed by atoms with Gasteiger partial charge < -0.3 is 19.1 Å². The van der Waals surface area contributed by atoms with E-state index in [1.54, 1.807) is 16.0 Å². The van der Waals surface area contributed by atoms with Crippen LogP contribution in [0.5, 0.6) is 5.75 Å². The molecule has 1 saturated carbocycles. The lowest BCUT2D eigenvalue weighted by Crippen LogP contribution is -2.65. The van der Waals surface area contributed by atoms with Crippen LogP contribution in [0.1, 0.15) is 50.4 Å². The third kappa shape index (κ3) is 4.67. The van der Waals surface area contributed by atoms with Crippen LogP contribution in [0.25, 0.3) is 0 Å². The van der Waals surface area contributed by atoms with Gasteiger partial charge in [0.1, 0.15) is 24.1 Å². The number of pyridine rings is 1. The van der Waals surface area contributed by atoms with Gasteiger partial charge in [-0.1, -0.05) is 30.3 Å². The van der Waals surface area contributed by atoms with E-state index < -0.39 is 5.60 Å². The molecule has 8 nitrogen and oxygen atoms in total. The second-order valence-corrected chi connectivity index (χ2v) is 10.6. The van der Waals surface area contributed by atoms with E-state index >= 15 is 0 Å². The number of hydrogen-bond donors (Lipinski definition) is 0. The average Bonchev–Trinajstić information content (AvgIpc) is 3.18. The van der Waals surface area contributed by atoms with Gasteiger partial charge in [0, 0.05) is 30.3 Å². The molecule has 1 spiro atoms. The Morgan fingerprint density at radius 3 is 2.47 bits per heavy atom. The van der Waals surface area contributed by atoms with E-state index in [1.807, 2.05) is 57.2 Å². The molecule has 0 radical (unpaired) electrons. The van der Waals surface area contributed by atoms with Gasteiger partial charge in [-0.3, -0.25) is 9.88 Å². The first kappa shape index (κ1) is 22.5. The van der Waals surface area contributed by atoms with Crippen LogP contribution in [0.15, 0.2) is 42.6 Å². The Kier molecular flexibility index (Phi) is 5.62. The molecule has 3 heterocycles. The third-order valence-electron chi connectivity index (χ3n) is 6.57. The first-order chi connectivity index (χ1) is 16.2. The Morgan fingerprint density at radius 1 is 1.03 bits per heavy atom. The fourth-order valence-electron chi connectivity index (χ4n) is 4.94. The minimum absolute atomic E-state index is 0.101. The highest BCUT2D eigenvalue weighted by molar-refractivity contribution is 5.70. The standard InChI is InChI=1S/C26H31N3O5/c1-25(2,3)34-24(31)28-13-20-21(14-28)27-10-9-22(20)33-19-11-26(12-19)16-29(17-26)23(30)32-15-18-7-5-4-6-8-18/h4-10,19H,11-17H2,1-3H3. The van der Waals surface area contributed by atoms with Crippen molar-refractivity contribution in [2.45, 2.75) is 65.0 Å². The fraction of sp³-hybridized carbons (Fsp3) is 0.500. The van der Waals surface area contributed by atoms with Gasteiger partial charge in [0.2, 0.25) is 0 Å². The smallest absolute Gasteiger partial charge is 0.410 e. The van der Waals surface area contributed by atoms with Gasteiger partial charge in [-0.15, -0.1) is 0 Å². The molecule has 0 bridgehead atoms. The monoisotopic (exact) mass is 465 g/mol. The molecule has 8 heteroatoms. The molecule has 1 aliphatic carbocycles. The Hall–Kier alpha value is -3.29. The van der Waals surface area contributed by atoms with Crippen LogP contribution >= 0.6 is 0 Å². The lowest BCUT2D eigenvalue weighted by molar-refractivity contribution is -0.110. The summed E-state index contributed by atoms with van der Waals surface area (Å²) in [4.78, 5) is 32.6. The average molecular weight is 466 g/mol. The zero-order chi connectivity index (χ0) is 23.9. The second-order valence-electron chi connectivity index (χ2n) is 10.6. The summed E-state index contributed by atoms with van der Waals surface area (Å²) in [5.41, 5.74) is 2.39. The van der Waals surface area contributed by atoms with E-state index in [4.69, 9.17) is 14.2 Å². The number of amides is 2. The van der Waals surface area contributed by atoms with Crippen molar-refractivity contribution in [3.63, 3.8) is 0 Å². The first-order valence-electron chi connectivity index (χ1n) is 11.8. The number of ether oxygens (including phenoxy) is 3. The van der Waals surface area contributed by atoms with Crippen LogP contribution in [-0.2, 0) is 29.2 Å². The molecule has 1 aromatic heterocycles. The predicted molar refractivity (Wildman–Crippen MR) is 124 cm³/mol. The van der Waals surface area contributed by atoms with E-state index in [9.17, 15) is 9.59 Å². The summed E-state index contributed by atoms with van der Waals surface area (Å²) >= 11 is 0. The maximum absolute atomic E-state index is 12.5. The summed E-state index contributed by atoms with van der Waals surface area (Å²) in [6.07, 6.45) is 3.05. The fourth-order valence-corrected chi connectivity index (χ4v) is 4.94. The van der Waals surface area contributed by atoms with Crippen molar-refractivity contribution in [2.24, 2.45) is 5.41 Å². The lowest BCUT2D eigenvalue weighted by Gasteiger charge is -2.57. The molecule has 2 aromatic rings. The molecule has 2 fully saturated rings. The second kappa shape index (κ2) is 8.49. The van der Waals surface area contributed by atoms with Gasteiger partial charge in [-0.2, -0.15) is 0 Å². The Balaban J connectivity index is 1.09. The molecule has 2 aliphatic heterocycles. The lowest BCUT2D eigenvalue weighted by atomic mass is 9.62. The number of likely N-dealkylation sites (tertiary alicyclic amines) is 1. The Bertz CT molecular complexity index is 1070. The summed E-state index contributed by atoms with van der Waals surface area (Å²) in [5.74, 6) is 0.786. The van der Waals surface area contributed by atoms with E-state index in [1.165, 1.54) is 0 Å². The van der Waals surface area contributed by atoms with Gasteiger partial charge in [-0.25, -0.2) is 9.59 Å². The van der Waals surface area contributed by atoms with Crippen molar-refractivity contribution in [1.82, 2.24) is 14.8 Å². The van der Waals surface area contributed by atoms with E-state index in [-0.39, 0.29) is 23.7 Å². The highest BCUT2D eigenvalue weighted by Crippen LogP contribution is 2.50. The Labute approximate surface area is 199 Å². The molecule has 0 unspecified atom stereocenters. The van der Waals surface area contributed by atoms with Gasteiger partial charge in [0.05, 0.1) is 18.8 Å². The molecule has 1 aromatic carbocycles. The summed E-state index contributed by atoms with van der Waals surface area (Å²) in [6.45, 7) is 8.15. The number of nitrogens with zero attached hydrogens (tertiary/aromatic N) is 3. The summed E-state index contributed by atoms with van der Waals surface area (Å²) in [5, 5.41) is 0. The molecule has 1 saturated heterocycles. The van der Waals surface area contributed by atoms with Crippen LogP contribution in [0.2, 0.25) is 0 Å². The van der Waals surface area contributed by atoms with Crippen molar-refractivity contribution >= 4 is 12.2 Å². The van der Waals surface area contributed by atoms with Gasteiger partial charge in [-0.05, 0) is 45.2 Å². The van der Waals surface area contributed by atoms with Crippen LogP contribution in [0.3, 0.4) is 0 Å². The minimum Gasteiger partial charge on any atom is -0.490 e. The number of carbonyl (C=O) groups excluding carboxylic acids is 2. The number of carbonyl (C=O) groups is 2. The molecule has 180 valence electrons. The van der Waals surface area contributed by atoms with Crippen LogP contribution in [-0.4, -0.2) is 51.8 Å². The van der Waals surface area contributed by atoms with Crippen molar-refractivity contribution < 1.29 is 23.8 Å². The molecule has 0 atom stereocenters. The highest BCUT2D eigenvalue weighted by atomic mass is 16.6. The maximum Gasteiger partial charge on any atom is 0.410 e. The van der Waals surface area contributed by atoms with Crippen LogP contribution < -0.4 is 4.74 Å². The first-order valence-corrected chi connectivity index (χ1v) is 11.8. The molecular weight excluding hydrogens is 434 g/mol. The molecule has 0 N–H and O–H groups in total. The number of rotatable bonds is 4. The van der Waals surface area contributed by atoms with Gasteiger partial charge in [0.15, 0.2) is 0 Å². The van der Waals surface area contributed by atoms with Gasteiger partial charge in [0.25, 0.3) is 0 Å². The van der Waals surface area contributed by atoms with Gasteiger partial charge >= 0.3 is 12.2 Å². The zero-order valence-electron chi connectivity index (χ0n) is 20.0. The predicted octanol–water partition coefficient (Wildman–Crippen LogP) is 4.51. The summed E-state index contributed by atoms with van der Waals surface area (Å²) < 4.78 is 17.2. The quantitative estimate of drug-likeness (QED) is 0.661. The molecule has 34 heavy (non-hydrogen) atoms. The van der Waals surface area contributed by atoms with E-state index in [2.05, 4.69) is 4.98 Å². The van der Waals surface area contributed by atoms with Crippen molar-refractivity contribution in [1.29, 1.82) is 0 Å². The number of benzene rings is 1. The molecular formula is C26H31N3O5. The number of aromatic nitrogens is 1.